The summed E-state index contributed by atoms with van der Waals surface area (Å²) in [5.41, 5.74) is 1.19. The molecule has 6 heteroatoms. The number of pyridine rings is 1. The summed E-state index contributed by atoms with van der Waals surface area (Å²) >= 11 is 0. The number of hydrogen-bond donors (Lipinski definition) is 1. The molecule has 1 unspecified atom stereocenters. The topological polar surface area (TPSA) is 76.1 Å². The van der Waals surface area contributed by atoms with Crippen molar-refractivity contribution >= 4 is 15.8 Å². The molecule has 1 aromatic carbocycles. The molecule has 1 atom stereocenters. The van der Waals surface area contributed by atoms with Crippen molar-refractivity contribution < 1.29 is 13.2 Å². The minimum absolute atomic E-state index is 0.0797. The third kappa shape index (κ3) is 3.74. The SMILES string of the molecule is CC(=O)c1cccc(S(=O)(=O)NC(C)c2ccncc2)c1. The lowest BCUT2D eigenvalue weighted by molar-refractivity contribution is 0.101. The van der Waals surface area contributed by atoms with Gasteiger partial charge < -0.3 is 0 Å². The zero-order valence-electron chi connectivity index (χ0n) is 11.8. The van der Waals surface area contributed by atoms with Gasteiger partial charge in [0.25, 0.3) is 0 Å². The fourth-order valence-corrected chi connectivity index (χ4v) is 3.18. The maximum Gasteiger partial charge on any atom is 0.241 e. The van der Waals surface area contributed by atoms with E-state index in [1.54, 1.807) is 43.6 Å². The molecule has 1 N–H and O–H groups in total. The van der Waals surface area contributed by atoms with Crippen molar-refractivity contribution in [1.29, 1.82) is 0 Å². The van der Waals surface area contributed by atoms with E-state index in [1.165, 1.54) is 19.1 Å². The highest BCUT2D eigenvalue weighted by molar-refractivity contribution is 7.89. The van der Waals surface area contributed by atoms with Gasteiger partial charge in [0, 0.05) is 24.0 Å². The van der Waals surface area contributed by atoms with Gasteiger partial charge in [0.05, 0.1) is 4.90 Å². The van der Waals surface area contributed by atoms with E-state index in [0.29, 0.717) is 5.56 Å². The predicted molar refractivity (Wildman–Crippen MR) is 79.4 cm³/mol. The number of benzene rings is 1. The Kier molecular flexibility index (Phi) is 4.50. The first kappa shape index (κ1) is 15.3. The van der Waals surface area contributed by atoms with Gasteiger partial charge in [0.1, 0.15) is 0 Å². The highest BCUT2D eigenvalue weighted by Crippen LogP contribution is 2.17. The Morgan fingerprint density at radius 1 is 1.19 bits per heavy atom. The second kappa shape index (κ2) is 6.15. The van der Waals surface area contributed by atoms with Crippen LogP contribution in [-0.4, -0.2) is 19.2 Å². The summed E-state index contributed by atoms with van der Waals surface area (Å²) in [6, 6.07) is 9.10. The van der Waals surface area contributed by atoms with Gasteiger partial charge in [-0.05, 0) is 43.7 Å². The lowest BCUT2D eigenvalue weighted by Crippen LogP contribution is -2.27. The van der Waals surface area contributed by atoms with E-state index >= 15 is 0 Å². The van der Waals surface area contributed by atoms with Crippen LogP contribution in [0.2, 0.25) is 0 Å². The molecule has 1 heterocycles. The number of nitrogens with zero attached hydrogens (tertiary/aromatic N) is 1. The van der Waals surface area contributed by atoms with Crippen molar-refractivity contribution in [2.24, 2.45) is 0 Å². The molecular formula is C15H16N2O3S. The molecule has 2 rings (SSSR count). The number of Topliss-reactive ketones (excluding diaryl/α,β-unsaturated/α-hetero) is 1. The number of sulfonamides is 1. The summed E-state index contributed by atoms with van der Waals surface area (Å²) in [5, 5.41) is 0. The maximum absolute atomic E-state index is 12.4. The smallest absolute Gasteiger partial charge is 0.241 e. The summed E-state index contributed by atoms with van der Waals surface area (Å²) in [6.07, 6.45) is 3.22. The maximum atomic E-state index is 12.4. The van der Waals surface area contributed by atoms with Crippen LogP contribution in [0.1, 0.15) is 35.8 Å². The van der Waals surface area contributed by atoms with Gasteiger partial charge in [-0.25, -0.2) is 13.1 Å². The number of nitrogens with one attached hydrogen (secondary N) is 1. The van der Waals surface area contributed by atoms with Crippen molar-refractivity contribution in [3.63, 3.8) is 0 Å². The third-order valence-electron chi connectivity index (χ3n) is 3.09. The average Bonchev–Trinajstić information content (AvgIpc) is 2.48. The highest BCUT2D eigenvalue weighted by atomic mass is 32.2. The van der Waals surface area contributed by atoms with Crippen molar-refractivity contribution in [2.45, 2.75) is 24.8 Å². The van der Waals surface area contributed by atoms with E-state index in [1.807, 2.05) is 0 Å². The number of ketones is 1. The van der Waals surface area contributed by atoms with Crippen LogP contribution in [0, 0.1) is 0 Å². The van der Waals surface area contributed by atoms with Crippen molar-refractivity contribution in [3.05, 3.63) is 59.9 Å². The fraction of sp³-hybridized carbons (Fsp3) is 0.200. The molecule has 0 saturated heterocycles. The van der Waals surface area contributed by atoms with Crippen LogP contribution in [0.5, 0.6) is 0 Å². The van der Waals surface area contributed by atoms with Crippen LogP contribution in [0.15, 0.2) is 53.7 Å². The monoisotopic (exact) mass is 304 g/mol. The van der Waals surface area contributed by atoms with Crippen LogP contribution in [-0.2, 0) is 10.0 Å². The summed E-state index contributed by atoms with van der Waals surface area (Å²) in [5.74, 6) is -0.172. The van der Waals surface area contributed by atoms with Crippen molar-refractivity contribution in [3.8, 4) is 0 Å². The van der Waals surface area contributed by atoms with Crippen molar-refractivity contribution in [1.82, 2.24) is 9.71 Å². The van der Waals surface area contributed by atoms with E-state index in [0.717, 1.165) is 5.56 Å². The lowest BCUT2D eigenvalue weighted by Gasteiger charge is -2.14. The Labute approximate surface area is 124 Å². The fourth-order valence-electron chi connectivity index (χ4n) is 1.90. The molecule has 0 aliphatic carbocycles. The number of carbonyl (C=O) groups excluding carboxylic acids is 1. The Morgan fingerprint density at radius 3 is 2.48 bits per heavy atom. The molecule has 0 radical (unpaired) electrons. The van der Waals surface area contributed by atoms with E-state index in [2.05, 4.69) is 9.71 Å². The normalized spacial score (nSPS) is 12.9. The van der Waals surface area contributed by atoms with E-state index < -0.39 is 10.0 Å². The summed E-state index contributed by atoms with van der Waals surface area (Å²) in [7, 11) is -3.69. The Bertz CT molecular complexity index is 743. The van der Waals surface area contributed by atoms with Gasteiger partial charge in [0.2, 0.25) is 10.0 Å². The standard InChI is InChI=1S/C15H16N2O3S/c1-11(13-6-8-16-9-7-13)17-21(19,20)15-5-3-4-14(10-15)12(2)18/h3-11,17H,1-2H3. The van der Waals surface area contributed by atoms with Crippen LogP contribution in [0.3, 0.4) is 0 Å². The molecule has 110 valence electrons. The second-order valence-electron chi connectivity index (χ2n) is 4.71. The molecule has 1 aromatic heterocycles. The summed E-state index contributed by atoms with van der Waals surface area (Å²) in [6.45, 7) is 3.15. The molecule has 0 spiro atoms. The van der Waals surface area contributed by atoms with Gasteiger partial charge in [-0.3, -0.25) is 9.78 Å². The van der Waals surface area contributed by atoms with Crippen molar-refractivity contribution in [2.75, 3.05) is 0 Å². The van der Waals surface area contributed by atoms with Crippen LogP contribution in [0.25, 0.3) is 0 Å². The predicted octanol–water partition coefficient (Wildman–Crippen LogP) is 2.32. The number of hydrogen-bond acceptors (Lipinski definition) is 4. The summed E-state index contributed by atoms with van der Waals surface area (Å²) in [4.78, 5) is 15.3. The van der Waals surface area contributed by atoms with Gasteiger partial charge in [-0.15, -0.1) is 0 Å². The summed E-state index contributed by atoms with van der Waals surface area (Å²) < 4.78 is 27.3. The van der Waals surface area contributed by atoms with E-state index in [9.17, 15) is 13.2 Å². The Balaban J connectivity index is 2.26. The molecule has 0 saturated carbocycles. The lowest BCUT2D eigenvalue weighted by atomic mass is 10.1. The number of rotatable bonds is 5. The molecule has 0 aliphatic heterocycles. The third-order valence-corrected chi connectivity index (χ3v) is 4.63. The van der Waals surface area contributed by atoms with Gasteiger partial charge >= 0.3 is 0 Å². The highest BCUT2D eigenvalue weighted by Gasteiger charge is 2.19. The second-order valence-corrected chi connectivity index (χ2v) is 6.42. The molecule has 0 fully saturated rings. The molecule has 0 amide bonds. The van der Waals surface area contributed by atoms with E-state index in [-0.39, 0.29) is 16.7 Å². The first-order chi connectivity index (χ1) is 9.90. The Morgan fingerprint density at radius 2 is 1.86 bits per heavy atom. The van der Waals surface area contributed by atoms with Crippen LogP contribution < -0.4 is 4.72 Å². The Hall–Kier alpha value is -2.05. The van der Waals surface area contributed by atoms with Crippen LogP contribution in [0.4, 0.5) is 0 Å². The molecular weight excluding hydrogens is 288 g/mol. The van der Waals surface area contributed by atoms with E-state index in [4.69, 9.17) is 0 Å². The van der Waals surface area contributed by atoms with Gasteiger partial charge in [-0.2, -0.15) is 0 Å². The number of aromatic nitrogens is 1. The van der Waals surface area contributed by atoms with Gasteiger partial charge in [-0.1, -0.05) is 12.1 Å². The zero-order valence-corrected chi connectivity index (χ0v) is 12.6. The minimum Gasteiger partial charge on any atom is -0.295 e. The minimum atomic E-state index is -3.69. The first-order valence-corrected chi connectivity index (χ1v) is 7.92. The molecule has 0 aliphatic rings. The van der Waals surface area contributed by atoms with Gasteiger partial charge in [0.15, 0.2) is 5.78 Å². The first-order valence-electron chi connectivity index (χ1n) is 6.43. The molecule has 2 aromatic rings. The zero-order chi connectivity index (χ0) is 15.5. The largest absolute Gasteiger partial charge is 0.295 e. The molecule has 21 heavy (non-hydrogen) atoms. The average molecular weight is 304 g/mol. The molecule has 0 bridgehead atoms. The number of carbonyl (C=O) groups is 1. The quantitative estimate of drug-likeness (QED) is 0.860. The molecule has 5 nitrogen and oxygen atoms in total. The van der Waals surface area contributed by atoms with Crippen LogP contribution >= 0.6 is 0 Å².